The third-order valence-corrected chi connectivity index (χ3v) is 5.26. The Balaban J connectivity index is 1.69. The lowest BCUT2D eigenvalue weighted by Gasteiger charge is -2.21. The van der Waals surface area contributed by atoms with Gasteiger partial charge in [-0.1, -0.05) is 30.3 Å². The molecule has 0 atom stereocenters. The van der Waals surface area contributed by atoms with Gasteiger partial charge in [-0.25, -0.2) is 0 Å². The molecule has 1 aliphatic rings. The first-order chi connectivity index (χ1) is 11.3. The lowest BCUT2D eigenvalue weighted by atomic mass is 10.1. The fourth-order valence-electron chi connectivity index (χ4n) is 2.79. The normalized spacial score (nSPS) is 13.6. The number of amides is 1. The highest BCUT2D eigenvalue weighted by atomic mass is 32.1. The molecular formula is C18H22N2O2S. The number of carbonyl (C=O) groups is 1. The van der Waals surface area contributed by atoms with Crippen LogP contribution in [0.1, 0.15) is 25.7 Å². The Kier molecular flexibility index (Phi) is 5.43. The second-order valence-electron chi connectivity index (χ2n) is 5.68. The molecule has 1 aromatic carbocycles. The fraction of sp³-hybridized carbons (Fsp3) is 0.389. The van der Waals surface area contributed by atoms with Crippen molar-refractivity contribution in [2.45, 2.75) is 19.4 Å². The van der Waals surface area contributed by atoms with Crippen LogP contribution >= 0.6 is 11.3 Å². The van der Waals surface area contributed by atoms with E-state index in [4.69, 9.17) is 10.5 Å². The summed E-state index contributed by atoms with van der Waals surface area (Å²) in [5.41, 5.74) is 8.11. The average molecular weight is 330 g/mol. The van der Waals surface area contributed by atoms with Gasteiger partial charge >= 0.3 is 0 Å². The van der Waals surface area contributed by atoms with E-state index in [1.165, 1.54) is 16.0 Å². The topological polar surface area (TPSA) is 55.6 Å². The molecule has 0 radical (unpaired) electrons. The van der Waals surface area contributed by atoms with Crippen LogP contribution in [0.3, 0.4) is 0 Å². The molecule has 2 heterocycles. The van der Waals surface area contributed by atoms with Crippen LogP contribution < -0.4 is 5.73 Å². The first-order valence-electron chi connectivity index (χ1n) is 8.00. The van der Waals surface area contributed by atoms with E-state index in [0.717, 1.165) is 24.3 Å². The zero-order chi connectivity index (χ0) is 16.1. The van der Waals surface area contributed by atoms with Gasteiger partial charge in [0.25, 0.3) is 5.91 Å². The third kappa shape index (κ3) is 3.99. The quantitative estimate of drug-likeness (QED) is 0.885. The number of thiophene rings is 1. The van der Waals surface area contributed by atoms with Crippen LogP contribution in [-0.4, -0.2) is 37.0 Å². The highest BCUT2D eigenvalue weighted by Gasteiger charge is 2.21. The molecule has 1 aromatic heterocycles. The maximum Gasteiger partial charge on any atom is 0.263 e. The van der Waals surface area contributed by atoms with E-state index in [9.17, 15) is 4.79 Å². The van der Waals surface area contributed by atoms with Crippen molar-refractivity contribution in [1.82, 2.24) is 4.90 Å². The molecule has 4 nitrogen and oxygen atoms in total. The number of ether oxygens (including phenoxy) is 1. The van der Waals surface area contributed by atoms with Crippen molar-refractivity contribution in [3.05, 3.63) is 57.3 Å². The fourth-order valence-corrected chi connectivity index (χ4v) is 3.91. The molecule has 1 amide bonds. The summed E-state index contributed by atoms with van der Waals surface area (Å²) < 4.78 is 5.46. The van der Waals surface area contributed by atoms with E-state index in [2.05, 4.69) is 12.1 Å². The molecule has 0 saturated carbocycles. The Morgan fingerprint density at radius 3 is 2.83 bits per heavy atom. The van der Waals surface area contributed by atoms with Gasteiger partial charge in [-0.15, -0.1) is 11.3 Å². The first kappa shape index (κ1) is 16.2. The SMILES string of the molecule is NCCN(CCc1ccccc1)C(=O)c1cc2c(s1)CCOC2. The van der Waals surface area contributed by atoms with Crippen molar-refractivity contribution in [1.29, 1.82) is 0 Å². The van der Waals surface area contributed by atoms with Crippen LogP contribution in [0.25, 0.3) is 0 Å². The minimum absolute atomic E-state index is 0.0887. The second-order valence-corrected chi connectivity index (χ2v) is 6.81. The molecule has 2 N–H and O–H groups in total. The lowest BCUT2D eigenvalue weighted by Crippen LogP contribution is -2.36. The maximum absolute atomic E-state index is 12.8. The zero-order valence-corrected chi connectivity index (χ0v) is 14.0. The van der Waals surface area contributed by atoms with Crippen molar-refractivity contribution in [3.8, 4) is 0 Å². The minimum Gasteiger partial charge on any atom is -0.376 e. The number of hydrogen-bond acceptors (Lipinski definition) is 4. The molecule has 0 spiro atoms. The Morgan fingerprint density at radius 2 is 2.09 bits per heavy atom. The van der Waals surface area contributed by atoms with E-state index in [1.54, 1.807) is 11.3 Å². The summed E-state index contributed by atoms with van der Waals surface area (Å²) in [5, 5.41) is 0. The number of rotatable bonds is 6. The van der Waals surface area contributed by atoms with Gasteiger partial charge in [-0.3, -0.25) is 4.79 Å². The molecule has 5 heteroatoms. The van der Waals surface area contributed by atoms with Crippen LogP contribution in [0.4, 0.5) is 0 Å². The predicted molar refractivity (Wildman–Crippen MR) is 92.8 cm³/mol. The molecule has 2 aromatic rings. The highest BCUT2D eigenvalue weighted by Crippen LogP contribution is 2.27. The minimum atomic E-state index is 0.0887. The lowest BCUT2D eigenvalue weighted by molar-refractivity contribution is 0.0766. The van der Waals surface area contributed by atoms with Gasteiger partial charge in [0.15, 0.2) is 0 Å². The molecule has 0 fully saturated rings. The zero-order valence-electron chi connectivity index (χ0n) is 13.2. The summed E-state index contributed by atoms with van der Waals surface area (Å²) >= 11 is 1.61. The summed E-state index contributed by atoms with van der Waals surface area (Å²) in [6, 6.07) is 12.2. The van der Waals surface area contributed by atoms with E-state index >= 15 is 0 Å². The molecule has 0 bridgehead atoms. The Labute approximate surface area is 140 Å². The van der Waals surface area contributed by atoms with Crippen molar-refractivity contribution in [2.75, 3.05) is 26.2 Å². The number of nitrogens with two attached hydrogens (primary N) is 1. The predicted octanol–water partition coefficient (Wildman–Crippen LogP) is 2.46. The molecule has 1 aliphatic heterocycles. The van der Waals surface area contributed by atoms with Gasteiger partial charge in [0.2, 0.25) is 0 Å². The summed E-state index contributed by atoms with van der Waals surface area (Å²) in [7, 11) is 0. The molecular weight excluding hydrogens is 308 g/mol. The number of benzene rings is 1. The first-order valence-corrected chi connectivity index (χ1v) is 8.82. The van der Waals surface area contributed by atoms with E-state index in [0.29, 0.717) is 26.2 Å². The molecule has 122 valence electrons. The van der Waals surface area contributed by atoms with Crippen LogP contribution in [0.5, 0.6) is 0 Å². The Bertz CT molecular complexity index is 631. The van der Waals surface area contributed by atoms with Crippen molar-refractivity contribution < 1.29 is 9.53 Å². The van der Waals surface area contributed by atoms with Gasteiger partial charge in [0, 0.05) is 30.9 Å². The van der Waals surface area contributed by atoms with Crippen LogP contribution in [0.2, 0.25) is 0 Å². The third-order valence-electron chi connectivity index (χ3n) is 4.04. The van der Waals surface area contributed by atoms with Crippen LogP contribution in [0, 0.1) is 0 Å². The molecule has 0 saturated heterocycles. The summed E-state index contributed by atoms with van der Waals surface area (Å²) in [4.78, 5) is 16.8. The van der Waals surface area contributed by atoms with Gasteiger partial charge in [0.1, 0.15) is 0 Å². The molecule has 3 rings (SSSR count). The van der Waals surface area contributed by atoms with Gasteiger partial charge in [-0.05, 0) is 23.6 Å². The van der Waals surface area contributed by atoms with Crippen LogP contribution in [0.15, 0.2) is 36.4 Å². The smallest absolute Gasteiger partial charge is 0.263 e. The molecule has 23 heavy (non-hydrogen) atoms. The second kappa shape index (κ2) is 7.73. The number of nitrogens with zero attached hydrogens (tertiary/aromatic N) is 1. The van der Waals surface area contributed by atoms with E-state index < -0.39 is 0 Å². The summed E-state index contributed by atoms with van der Waals surface area (Å²) in [6.07, 6.45) is 1.76. The summed E-state index contributed by atoms with van der Waals surface area (Å²) in [5.74, 6) is 0.0887. The Hall–Kier alpha value is -1.69. The van der Waals surface area contributed by atoms with Crippen molar-refractivity contribution in [2.24, 2.45) is 5.73 Å². The monoisotopic (exact) mass is 330 g/mol. The number of carbonyl (C=O) groups excluding carboxylic acids is 1. The van der Waals surface area contributed by atoms with E-state index in [-0.39, 0.29) is 5.91 Å². The van der Waals surface area contributed by atoms with Gasteiger partial charge in [-0.2, -0.15) is 0 Å². The molecule has 0 aliphatic carbocycles. The summed E-state index contributed by atoms with van der Waals surface area (Å²) in [6.45, 7) is 3.14. The largest absolute Gasteiger partial charge is 0.376 e. The van der Waals surface area contributed by atoms with Gasteiger partial charge in [0.05, 0.1) is 18.1 Å². The van der Waals surface area contributed by atoms with Crippen LogP contribution in [-0.2, 0) is 24.2 Å². The number of hydrogen-bond donors (Lipinski definition) is 1. The molecule has 0 unspecified atom stereocenters. The highest BCUT2D eigenvalue weighted by molar-refractivity contribution is 7.14. The van der Waals surface area contributed by atoms with Crippen molar-refractivity contribution >= 4 is 17.2 Å². The maximum atomic E-state index is 12.8. The van der Waals surface area contributed by atoms with Gasteiger partial charge < -0.3 is 15.4 Å². The van der Waals surface area contributed by atoms with E-state index in [1.807, 2.05) is 29.2 Å². The number of fused-ring (bicyclic) bond motifs is 1. The Morgan fingerprint density at radius 1 is 1.26 bits per heavy atom. The standard InChI is InChI=1S/C18H22N2O2S/c19-8-10-20(9-6-14-4-2-1-3-5-14)18(21)17-12-15-13-22-11-7-16(15)23-17/h1-5,12H,6-11,13,19H2. The average Bonchev–Trinajstić information content (AvgIpc) is 3.03. The van der Waals surface area contributed by atoms with Crippen molar-refractivity contribution in [3.63, 3.8) is 0 Å².